The number of carbonyl (C=O) groups is 1. The first-order chi connectivity index (χ1) is 5.16. The summed E-state index contributed by atoms with van der Waals surface area (Å²) in [6.07, 6.45) is 0.455. The summed E-state index contributed by atoms with van der Waals surface area (Å²) in [5, 5.41) is 8.59. The first-order valence-corrected chi connectivity index (χ1v) is 3.14. The lowest BCUT2D eigenvalue weighted by atomic mass is 10.4. The normalized spacial score (nSPS) is 10.4. The monoisotopic (exact) mass is 158 g/mol. The van der Waals surface area contributed by atoms with Crippen LogP contribution in [0.1, 0.15) is 6.92 Å². The molecule has 0 bridgehead atoms. The second-order valence-electron chi connectivity index (χ2n) is 1.68. The summed E-state index contributed by atoms with van der Waals surface area (Å²) in [6.45, 7) is 10.8. The fraction of sp³-hybridized carbons (Fsp3) is 0.375. The molecule has 3 nitrogen and oxygen atoms in total. The number of rotatable bonds is 3. The van der Waals surface area contributed by atoms with Crippen LogP contribution in [0.4, 0.5) is 0 Å². The number of carbonyl (C=O) groups excluding carboxylic acids is 1. The standard InChI is InChI=1S/C6H10O3.C2H4/c1-3-6(8)9-4-5(2)7;1-2/h3,5,7H,1,4H2,2H3;1-2H2. The van der Waals surface area contributed by atoms with E-state index in [1.807, 2.05) is 0 Å². The average Bonchev–Trinajstić information content (AvgIpc) is 2.04. The number of hydrogen-bond acceptors (Lipinski definition) is 3. The Morgan fingerprint density at radius 2 is 2.18 bits per heavy atom. The van der Waals surface area contributed by atoms with Gasteiger partial charge in [0.25, 0.3) is 0 Å². The third-order valence-electron chi connectivity index (χ3n) is 0.633. The molecule has 0 aromatic heterocycles. The molecule has 0 heterocycles. The highest BCUT2D eigenvalue weighted by atomic mass is 16.5. The lowest BCUT2D eigenvalue weighted by Gasteiger charge is -2.02. The van der Waals surface area contributed by atoms with Crippen molar-refractivity contribution in [1.82, 2.24) is 0 Å². The average molecular weight is 158 g/mol. The van der Waals surface area contributed by atoms with Crippen LogP contribution in [0.5, 0.6) is 0 Å². The zero-order valence-corrected chi connectivity index (χ0v) is 6.75. The van der Waals surface area contributed by atoms with Crippen molar-refractivity contribution in [2.75, 3.05) is 6.61 Å². The van der Waals surface area contributed by atoms with E-state index in [-0.39, 0.29) is 6.61 Å². The van der Waals surface area contributed by atoms with E-state index in [4.69, 9.17) is 5.11 Å². The summed E-state index contributed by atoms with van der Waals surface area (Å²) in [5.74, 6) is -0.504. The van der Waals surface area contributed by atoms with Crippen LogP contribution in [0.3, 0.4) is 0 Å². The van der Waals surface area contributed by atoms with E-state index in [2.05, 4.69) is 24.5 Å². The first-order valence-electron chi connectivity index (χ1n) is 3.14. The lowest BCUT2D eigenvalue weighted by molar-refractivity contribution is -0.140. The predicted octanol–water partition coefficient (Wildman–Crippen LogP) is 0.899. The van der Waals surface area contributed by atoms with E-state index in [0.29, 0.717) is 0 Å². The highest BCUT2D eigenvalue weighted by molar-refractivity contribution is 5.81. The van der Waals surface area contributed by atoms with Gasteiger partial charge < -0.3 is 9.84 Å². The lowest BCUT2D eigenvalue weighted by Crippen LogP contribution is -2.13. The van der Waals surface area contributed by atoms with Gasteiger partial charge in [0.1, 0.15) is 6.61 Å². The molecule has 0 aromatic rings. The third-order valence-corrected chi connectivity index (χ3v) is 0.633. The molecule has 0 saturated carbocycles. The summed E-state index contributed by atoms with van der Waals surface area (Å²) in [6, 6.07) is 0. The number of esters is 1. The first kappa shape index (κ1) is 12.6. The van der Waals surface area contributed by atoms with Crippen molar-refractivity contribution in [1.29, 1.82) is 0 Å². The number of ether oxygens (including phenoxy) is 1. The van der Waals surface area contributed by atoms with Gasteiger partial charge >= 0.3 is 5.97 Å². The van der Waals surface area contributed by atoms with Crippen LogP contribution in [-0.4, -0.2) is 23.8 Å². The van der Waals surface area contributed by atoms with Crippen molar-refractivity contribution < 1.29 is 14.6 Å². The Hall–Kier alpha value is -1.09. The molecule has 1 atom stereocenters. The molecule has 1 unspecified atom stereocenters. The van der Waals surface area contributed by atoms with Crippen molar-refractivity contribution >= 4 is 5.97 Å². The summed E-state index contributed by atoms with van der Waals surface area (Å²) in [5.41, 5.74) is 0. The van der Waals surface area contributed by atoms with Crippen LogP contribution in [0, 0.1) is 0 Å². The van der Waals surface area contributed by atoms with Gasteiger partial charge in [0, 0.05) is 6.08 Å². The maximum atomic E-state index is 10.3. The summed E-state index contributed by atoms with van der Waals surface area (Å²) < 4.78 is 4.45. The van der Waals surface area contributed by atoms with Crippen LogP contribution < -0.4 is 0 Å². The summed E-state index contributed by atoms with van der Waals surface area (Å²) in [7, 11) is 0. The molecule has 11 heavy (non-hydrogen) atoms. The second kappa shape index (κ2) is 8.91. The molecule has 1 N–H and O–H groups in total. The highest BCUT2D eigenvalue weighted by Gasteiger charge is 1.97. The topological polar surface area (TPSA) is 46.5 Å². The van der Waals surface area contributed by atoms with Crippen LogP contribution >= 0.6 is 0 Å². The minimum atomic E-state index is -0.603. The molecule has 0 aliphatic rings. The van der Waals surface area contributed by atoms with Gasteiger partial charge in [0.15, 0.2) is 0 Å². The fourth-order valence-corrected chi connectivity index (χ4v) is 0.262. The Morgan fingerprint density at radius 3 is 2.45 bits per heavy atom. The van der Waals surface area contributed by atoms with E-state index in [9.17, 15) is 4.79 Å². The van der Waals surface area contributed by atoms with Gasteiger partial charge in [-0.1, -0.05) is 6.58 Å². The SMILES string of the molecule is C=C.C=CC(=O)OCC(C)O. The Kier molecular flexibility index (Phi) is 10.2. The zero-order valence-electron chi connectivity index (χ0n) is 6.75. The Balaban J connectivity index is 0. The number of aliphatic hydroxyl groups is 1. The molecule has 0 saturated heterocycles. The van der Waals surface area contributed by atoms with Crippen molar-refractivity contribution in [3.8, 4) is 0 Å². The molecule has 0 fully saturated rings. The molecule has 0 radical (unpaired) electrons. The van der Waals surface area contributed by atoms with E-state index in [0.717, 1.165) is 6.08 Å². The molecule has 0 aliphatic carbocycles. The van der Waals surface area contributed by atoms with E-state index >= 15 is 0 Å². The van der Waals surface area contributed by atoms with Crippen molar-refractivity contribution in [2.45, 2.75) is 13.0 Å². The Bertz CT molecular complexity index is 119. The van der Waals surface area contributed by atoms with Gasteiger partial charge in [-0.3, -0.25) is 0 Å². The minimum absolute atomic E-state index is 0.0326. The van der Waals surface area contributed by atoms with Crippen molar-refractivity contribution in [3.05, 3.63) is 25.8 Å². The fourth-order valence-electron chi connectivity index (χ4n) is 0.262. The molecule has 0 aliphatic heterocycles. The molecule has 64 valence electrons. The van der Waals surface area contributed by atoms with Gasteiger partial charge in [-0.05, 0) is 6.92 Å². The smallest absolute Gasteiger partial charge is 0.330 e. The second-order valence-corrected chi connectivity index (χ2v) is 1.68. The largest absolute Gasteiger partial charge is 0.460 e. The number of aliphatic hydroxyl groups excluding tert-OH is 1. The van der Waals surface area contributed by atoms with Crippen molar-refractivity contribution in [2.24, 2.45) is 0 Å². The van der Waals surface area contributed by atoms with E-state index < -0.39 is 12.1 Å². The van der Waals surface area contributed by atoms with Crippen LogP contribution in [0.2, 0.25) is 0 Å². The maximum Gasteiger partial charge on any atom is 0.330 e. The Labute approximate surface area is 67.0 Å². The van der Waals surface area contributed by atoms with Crippen LogP contribution in [-0.2, 0) is 9.53 Å². The highest BCUT2D eigenvalue weighted by Crippen LogP contribution is 1.83. The van der Waals surface area contributed by atoms with Crippen LogP contribution in [0.15, 0.2) is 25.8 Å². The van der Waals surface area contributed by atoms with E-state index in [1.165, 1.54) is 6.92 Å². The van der Waals surface area contributed by atoms with Gasteiger partial charge in [0.2, 0.25) is 0 Å². The third kappa shape index (κ3) is 12.2. The molecule has 3 heteroatoms. The molecular formula is C8H14O3. The summed E-state index contributed by atoms with van der Waals surface area (Å²) >= 11 is 0. The zero-order chi connectivity index (χ0) is 9.28. The minimum Gasteiger partial charge on any atom is -0.460 e. The number of hydrogen-bond donors (Lipinski definition) is 1. The van der Waals surface area contributed by atoms with Gasteiger partial charge in [-0.25, -0.2) is 4.79 Å². The molecule has 0 aromatic carbocycles. The quantitative estimate of drug-likeness (QED) is 0.377. The van der Waals surface area contributed by atoms with Crippen LogP contribution in [0.25, 0.3) is 0 Å². The van der Waals surface area contributed by atoms with Crippen molar-refractivity contribution in [3.63, 3.8) is 0 Å². The van der Waals surface area contributed by atoms with E-state index in [1.54, 1.807) is 0 Å². The van der Waals surface area contributed by atoms with Gasteiger partial charge in [-0.15, -0.1) is 13.2 Å². The molecule has 0 spiro atoms. The Morgan fingerprint density at radius 1 is 1.73 bits per heavy atom. The molecule has 0 rings (SSSR count). The summed E-state index contributed by atoms with van der Waals surface area (Å²) in [4.78, 5) is 10.3. The maximum absolute atomic E-state index is 10.3. The molecular weight excluding hydrogens is 144 g/mol. The van der Waals surface area contributed by atoms with Gasteiger partial charge in [0.05, 0.1) is 6.10 Å². The molecule has 0 amide bonds. The van der Waals surface area contributed by atoms with Gasteiger partial charge in [-0.2, -0.15) is 0 Å². The predicted molar refractivity (Wildman–Crippen MR) is 44.1 cm³/mol.